The maximum Gasteiger partial charge on any atom is 0.280 e. The van der Waals surface area contributed by atoms with Gasteiger partial charge in [0.25, 0.3) is 12.3 Å². The number of aromatic nitrogens is 5. The minimum Gasteiger partial charge on any atom is -0.319 e. The van der Waals surface area contributed by atoms with Crippen LogP contribution < -0.4 is 5.32 Å². The average Bonchev–Trinajstić information content (AvgIpc) is 3.42. The van der Waals surface area contributed by atoms with Gasteiger partial charge in [0.2, 0.25) is 0 Å². The summed E-state index contributed by atoms with van der Waals surface area (Å²) in [5, 5.41) is 11.5. The van der Waals surface area contributed by atoms with Crippen molar-refractivity contribution in [3.8, 4) is 11.3 Å². The Morgan fingerprint density at radius 2 is 1.84 bits per heavy atom. The molecule has 1 N–H and O–H groups in total. The molecule has 1 amide bonds. The van der Waals surface area contributed by atoms with Crippen molar-refractivity contribution in [2.75, 3.05) is 5.32 Å². The highest BCUT2D eigenvalue weighted by Gasteiger charge is 2.23. The Labute approximate surface area is 220 Å². The predicted octanol–water partition coefficient (Wildman–Crippen LogP) is 6.55. The molecule has 0 radical (unpaired) electrons. The molecule has 11 heteroatoms. The summed E-state index contributed by atoms with van der Waals surface area (Å²) in [5.74, 6) is -1.06. The monoisotopic (exact) mass is 538 g/mol. The molecule has 0 aliphatic carbocycles. The topological polar surface area (TPSA) is 77.1 Å². The molecule has 0 unspecified atom stereocenters. The fourth-order valence-electron chi connectivity index (χ4n) is 4.22. The Kier molecular flexibility index (Phi) is 6.66. The molecule has 0 fully saturated rings. The van der Waals surface area contributed by atoms with Gasteiger partial charge in [-0.3, -0.25) is 9.48 Å². The number of benzene rings is 2. The molecule has 0 bridgehead atoms. The molecule has 3 aromatic heterocycles. The lowest BCUT2D eigenvalue weighted by molar-refractivity contribution is 0.102. The van der Waals surface area contributed by atoms with Crippen LogP contribution in [0.25, 0.3) is 16.9 Å². The van der Waals surface area contributed by atoms with E-state index >= 15 is 0 Å². The second-order valence-corrected chi connectivity index (χ2v) is 9.29. The number of anilines is 1. The van der Waals surface area contributed by atoms with E-state index in [9.17, 15) is 18.0 Å². The van der Waals surface area contributed by atoms with E-state index in [1.54, 1.807) is 32.0 Å². The second kappa shape index (κ2) is 9.94. The minimum atomic E-state index is -2.84. The van der Waals surface area contributed by atoms with Crippen molar-refractivity contribution in [3.63, 3.8) is 0 Å². The van der Waals surface area contributed by atoms with Gasteiger partial charge in [0.1, 0.15) is 17.1 Å². The van der Waals surface area contributed by atoms with Gasteiger partial charge in [-0.25, -0.2) is 22.7 Å². The van der Waals surface area contributed by atoms with Gasteiger partial charge in [-0.2, -0.15) is 10.2 Å². The molecule has 7 nitrogen and oxygen atoms in total. The zero-order valence-corrected chi connectivity index (χ0v) is 21.4. The first-order chi connectivity index (χ1) is 18.1. The number of hydrogen-bond acceptors (Lipinski definition) is 4. The molecule has 0 aliphatic heterocycles. The number of halogens is 4. The van der Waals surface area contributed by atoms with Crippen molar-refractivity contribution in [1.82, 2.24) is 24.4 Å². The molecule has 0 saturated heterocycles. The maximum atomic E-state index is 14.3. The Morgan fingerprint density at radius 3 is 2.53 bits per heavy atom. The molecule has 0 saturated carbocycles. The standard InChI is InChI=1S/C27H22ClF3N6O/c1-14-7-9-17(10-8-14)22-11-23(25(30)31)37-26(33-22)18(12-32-37)27(38)34-24-15(2)35-36(16(24)3)13-19-20(28)5-4-6-21(19)29/h4-12,25H,13H2,1-3H3,(H,34,38). The number of aryl methyl sites for hydroxylation is 2. The zero-order valence-electron chi connectivity index (χ0n) is 20.6. The zero-order chi connectivity index (χ0) is 27.1. The third-order valence-corrected chi connectivity index (χ3v) is 6.66. The molecule has 2 aromatic carbocycles. The van der Waals surface area contributed by atoms with Crippen LogP contribution in [0.1, 0.15) is 45.0 Å². The van der Waals surface area contributed by atoms with Crippen LogP contribution in [0.3, 0.4) is 0 Å². The van der Waals surface area contributed by atoms with E-state index in [-0.39, 0.29) is 34.0 Å². The van der Waals surface area contributed by atoms with Crippen LogP contribution in [-0.4, -0.2) is 30.3 Å². The second-order valence-electron chi connectivity index (χ2n) is 8.88. The van der Waals surface area contributed by atoms with Crippen LogP contribution in [0.5, 0.6) is 0 Å². The summed E-state index contributed by atoms with van der Waals surface area (Å²) in [4.78, 5) is 17.8. The van der Waals surface area contributed by atoms with Gasteiger partial charge in [0, 0.05) is 16.1 Å². The molecule has 5 rings (SSSR count). The van der Waals surface area contributed by atoms with Crippen molar-refractivity contribution in [2.45, 2.75) is 33.7 Å². The Balaban J connectivity index is 1.51. The van der Waals surface area contributed by atoms with Crippen molar-refractivity contribution < 1.29 is 18.0 Å². The normalized spacial score (nSPS) is 11.5. The van der Waals surface area contributed by atoms with Gasteiger partial charge in [-0.05, 0) is 39.0 Å². The minimum absolute atomic E-state index is 0.00304. The van der Waals surface area contributed by atoms with Crippen molar-refractivity contribution in [3.05, 3.63) is 99.3 Å². The van der Waals surface area contributed by atoms with Crippen LogP contribution in [-0.2, 0) is 6.54 Å². The summed E-state index contributed by atoms with van der Waals surface area (Å²) < 4.78 is 44.7. The number of carbonyl (C=O) groups is 1. The predicted molar refractivity (Wildman–Crippen MR) is 138 cm³/mol. The van der Waals surface area contributed by atoms with E-state index in [1.165, 1.54) is 29.1 Å². The first-order valence-electron chi connectivity index (χ1n) is 11.7. The molecule has 194 valence electrons. The summed E-state index contributed by atoms with van der Waals surface area (Å²) in [5.41, 5.74) is 3.30. The van der Waals surface area contributed by atoms with Gasteiger partial charge in [0.15, 0.2) is 5.65 Å². The lowest BCUT2D eigenvalue weighted by atomic mass is 10.1. The molecular weight excluding hydrogens is 517 g/mol. The molecule has 0 spiro atoms. The first kappa shape index (κ1) is 25.5. The van der Waals surface area contributed by atoms with Crippen molar-refractivity contribution >= 4 is 28.8 Å². The summed E-state index contributed by atoms with van der Waals surface area (Å²) in [6, 6.07) is 12.9. The fraction of sp³-hybridized carbons (Fsp3) is 0.185. The number of carbonyl (C=O) groups excluding carboxylic acids is 1. The number of hydrogen-bond donors (Lipinski definition) is 1. The van der Waals surface area contributed by atoms with E-state index in [0.29, 0.717) is 28.3 Å². The third-order valence-electron chi connectivity index (χ3n) is 6.30. The molecular formula is C27H22ClF3N6O. The fourth-order valence-corrected chi connectivity index (χ4v) is 4.44. The van der Waals surface area contributed by atoms with Crippen LogP contribution in [0, 0.1) is 26.6 Å². The lowest BCUT2D eigenvalue weighted by Gasteiger charge is -2.10. The highest BCUT2D eigenvalue weighted by Crippen LogP contribution is 2.29. The van der Waals surface area contributed by atoms with Gasteiger partial charge >= 0.3 is 0 Å². The Hall–Kier alpha value is -4.18. The third kappa shape index (κ3) is 4.63. The van der Waals surface area contributed by atoms with Crippen molar-refractivity contribution in [2.24, 2.45) is 0 Å². The van der Waals surface area contributed by atoms with Gasteiger partial charge in [0.05, 0.1) is 35.5 Å². The molecule has 0 aliphatic rings. The number of fused-ring (bicyclic) bond motifs is 1. The number of nitrogens with zero attached hydrogens (tertiary/aromatic N) is 5. The van der Waals surface area contributed by atoms with E-state index in [1.807, 2.05) is 19.1 Å². The summed E-state index contributed by atoms with van der Waals surface area (Å²) in [6.45, 7) is 5.40. The van der Waals surface area contributed by atoms with E-state index < -0.39 is 18.1 Å². The quantitative estimate of drug-likeness (QED) is 0.266. The summed E-state index contributed by atoms with van der Waals surface area (Å²) in [6.07, 6.45) is -1.63. The maximum absolute atomic E-state index is 14.3. The first-order valence-corrected chi connectivity index (χ1v) is 12.0. The Bertz CT molecular complexity index is 1660. The van der Waals surface area contributed by atoms with E-state index in [2.05, 4.69) is 20.5 Å². The molecule has 0 atom stereocenters. The smallest absolute Gasteiger partial charge is 0.280 e. The summed E-state index contributed by atoms with van der Waals surface area (Å²) in [7, 11) is 0. The van der Waals surface area contributed by atoms with Crippen LogP contribution in [0.4, 0.5) is 18.9 Å². The number of nitrogens with one attached hydrogen (secondary N) is 1. The molecule has 38 heavy (non-hydrogen) atoms. The SMILES string of the molecule is Cc1ccc(-c2cc(C(F)F)n3ncc(C(=O)Nc4c(C)nn(Cc5c(F)cccc5Cl)c4C)c3n2)cc1. The van der Waals surface area contributed by atoms with E-state index in [4.69, 9.17) is 11.6 Å². The molecule has 5 aromatic rings. The largest absolute Gasteiger partial charge is 0.319 e. The van der Waals surface area contributed by atoms with Gasteiger partial charge in [-0.1, -0.05) is 47.5 Å². The van der Waals surface area contributed by atoms with Crippen molar-refractivity contribution in [1.29, 1.82) is 0 Å². The molecule has 3 heterocycles. The Morgan fingerprint density at radius 1 is 1.11 bits per heavy atom. The van der Waals surface area contributed by atoms with Gasteiger partial charge in [-0.15, -0.1) is 0 Å². The van der Waals surface area contributed by atoms with E-state index in [0.717, 1.165) is 10.1 Å². The number of rotatable bonds is 6. The number of alkyl halides is 2. The summed E-state index contributed by atoms with van der Waals surface area (Å²) >= 11 is 6.16. The average molecular weight is 539 g/mol. The number of amides is 1. The van der Waals surface area contributed by atoms with Crippen LogP contribution in [0.2, 0.25) is 5.02 Å². The highest BCUT2D eigenvalue weighted by atomic mass is 35.5. The van der Waals surface area contributed by atoms with Crippen LogP contribution >= 0.6 is 11.6 Å². The lowest BCUT2D eigenvalue weighted by Crippen LogP contribution is -2.14. The van der Waals surface area contributed by atoms with Crippen LogP contribution in [0.15, 0.2) is 54.7 Å². The van der Waals surface area contributed by atoms with Gasteiger partial charge < -0.3 is 5.32 Å². The highest BCUT2D eigenvalue weighted by molar-refractivity contribution is 6.31.